The van der Waals surface area contributed by atoms with E-state index in [0.29, 0.717) is 45.3 Å². The number of primary amides is 1. The Hall–Kier alpha value is -2.67. The van der Waals surface area contributed by atoms with E-state index in [2.05, 4.69) is 10.0 Å². The summed E-state index contributed by atoms with van der Waals surface area (Å²) in [5.41, 5.74) is 3.78. The Morgan fingerprint density at radius 2 is 1.86 bits per heavy atom. The van der Waals surface area contributed by atoms with Gasteiger partial charge in [0.15, 0.2) is 6.10 Å². The number of nitrogens with zero attached hydrogens (tertiary/aromatic N) is 2. The minimum Gasteiger partial charge on any atom is -0.436 e. The van der Waals surface area contributed by atoms with E-state index in [9.17, 15) is 27.6 Å². The van der Waals surface area contributed by atoms with Crippen molar-refractivity contribution in [3.05, 3.63) is 12.2 Å². The van der Waals surface area contributed by atoms with Gasteiger partial charge in [0.2, 0.25) is 5.91 Å². The highest BCUT2D eigenvalue weighted by Crippen LogP contribution is 2.45. The third kappa shape index (κ3) is 5.45. The molecule has 0 aromatic rings. The Morgan fingerprint density at radius 1 is 1.09 bits per heavy atom. The smallest absolute Gasteiger partial charge is 0.405 e. The lowest BCUT2D eigenvalue weighted by atomic mass is 10.1. The fourth-order valence-corrected chi connectivity index (χ4v) is 6.26. The van der Waals surface area contributed by atoms with Crippen LogP contribution in [0.25, 0.3) is 0 Å². The van der Waals surface area contributed by atoms with Crippen molar-refractivity contribution in [3.63, 3.8) is 0 Å². The van der Waals surface area contributed by atoms with Crippen molar-refractivity contribution in [2.24, 2.45) is 11.7 Å². The van der Waals surface area contributed by atoms with E-state index < -0.39 is 51.7 Å². The lowest BCUT2D eigenvalue weighted by molar-refractivity contribution is -0.146. The Morgan fingerprint density at radius 3 is 2.54 bits per heavy atom. The summed E-state index contributed by atoms with van der Waals surface area (Å²) in [5.74, 6) is -2.14. The SMILES string of the molecule is NC(=O)OC1CCCCC/C=C/C2CC2(C(=O)NS(=O)(=O)N2CCC2)NC(=O)C2CCCN2C1=O. The molecule has 0 bridgehead atoms. The summed E-state index contributed by atoms with van der Waals surface area (Å²) >= 11 is 0. The monoisotopic (exact) mass is 511 g/mol. The number of nitrogens with two attached hydrogens (primary N) is 1. The second-order valence-corrected chi connectivity index (χ2v) is 11.3. The topological polar surface area (TPSA) is 168 Å². The van der Waals surface area contributed by atoms with Crippen molar-refractivity contribution in [1.29, 1.82) is 0 Å². The third-order valence-electron chi connectivity index (χ3n) is 7.22. The first-order chi connectivity index (χ1) is 16.6. The summed E-state index contributed by atoms with van der Waals surface area (Å²) < 4.78 is 33.4. The molecule has 0 aromatic carbocycles. The maximum absolute atomic E-state index is 13.3. The summed E-state index contributed by atoms with van der Waals surface area (Å²) in [5, 5.41) is 2.77. The maximum Gasteiger partial charge on any atom is 0.405 e. The molecule has 2 saturated heterocycles. The number of hydrogen-bond acceptors (Lipinski definition) is 7. The summed E-state index contributed by atoms with van der Waals surface area (Å²) in [7, 11) is -3.98. The molecule has 1 saturated carbocycles. The summed E-state index contributed by atoms with van der Waals surface area (Å²) in [4.78, 5) is 52.4. The number of rotatable bonds is 4. The number of nitrogens with one attached hydrogen (secondary N) is 2. The van der Waals surface area contributed by atoms with Gasteiger partial charge < -0.3 is 20.7 Å². The van der Waals surface area contributed by atoms with Crippen LogP contribution in [-0.2, 0) is 29.3 Å². The van der Waals surface area contributed by atoms with Gasteiger partial charge in [-0.3, -0.25) is 14.4 Å². The lowest BCUT2D eigenvalue weighted by Gasteiger charge is -2.31. The Bertz CT molecular complexity index is 1010. The molecule has 0 spiro atoms. The summed E-state index contributed by atoms with van der Waals surface area (Å²) in [6.07, 6.45) is 6.89. The first kappa shape index (κ1) is 25.4. The quantitative estimate of drug-likeness (QED) is 0.443. The van der Waals surface area contributed by atoms with Gasteiger partial charge in [-0.1, -0.05) is 18.6 Å². The van der Waals surface area contributed by atoms with Gasteiger partial charge in [-0.15, -0.1) is 0 Å². The molecule has 4 aliphatic rings. The predicted octanol–water partition coefficient (Wildman–Crippen LogP) is -0.0968. The van der Waals surface area contributed by atoms with Gasteiger partial charge in [-0.2, -0.15) is 12.7 Å². The second kappa shape index (κ2) is 10.1. The van der Waals surface area contributed by atoms with Crippen LogP contribution >= 0.6 is 0 Å². The molecule has 0 aromatic heterocycles. The molecular weight excluding hydrogens is 478 g/mol. The standard InChI is InChI=1S/C22H33N5O7S/c23-21(31)34-17-10-5-3-1-2-4-8-15-14-22(15,20(30)25-35(32,33)26-11-7-12-26)24-18(28)16-9-6-13-27(16)19(17)29/h4,8,15-17H,1-3,5-7,9-14H2,(H2,23,31)(H,24,28)(H,25,30)/b8-4+. The van der Waals surface area contributed by atoms with Gasteiger partial charge in [0.25, 0.3) is 11.8 Å². The van der Waals surface area contributed by atoms with Gasteiger partial charge in [-0.05, 0) is 51.4 Å². The van der Waals surface area contributed by atoms with Crippen molar-refractivity contribution in [3.8, 4) is 0 Å². The molecule has 13 heteroatoms. The average molecular weight is 512 g/mol. The fraction of sp³-hybridized carbons (Fsp3) is 0.727. The molecular formula is C22H33N5O7S. The van der Waals surface area contributed by atoms with Crippen LogP contribution in [0.2, 0.25) is 0 Å². The van der Waals surface area contributed by atoms with Gasteiger partial charge in [0, 0.05) is 25.6 Å². The average Bonchev–Trinajstić information content (AvgIpc) is 3.20. The number of carbonyl (C=O) groups excluding carboxylic acids is 4. The van der Waals surface area contributed by atoms with E-state index in [1.54, 1.807) is 0 Å². The van der Waals surface area contributed by atoms with Crippen molar-refractivity contribution < 1.29 is 32.3 Å². The highest BCUT2D eigenvalue weighted by atomic mass is 32.2. The highest BCUT2D eigenvalue weighted by molar-refractivity contribution is 7.87. The van der Waals surface area contributed by atoms with Crippen molar-refractivity contribution >= 4 is 34.0 Å². The van der Waals surface area contributed by atoms with E-state index in [1.807, 2.05) is 12.2 Å². The number of fused-ring (bicyclic) bond motifs is 2. The molecule has 194 valence electrons. The van der Waals surface area contributed by atoms with Crippen LogP contribution < -0.4 is 15.8 Å². The minimum absolute atomic E-state index is 0.269. The predicted molar refractivity (Wildman–Crippen MR) is 124 cm³/mol. The van der Waals surface area contributed by atoms with Crippen molar-refractivity contribution in [2.75, 3.05) is 19.6 Å². The molecule has 3 fully saturated rings. The highest BCUT2D eigenvalue weighted by Gasteiger charge is 2.61. The molecule has 4 unspecified atom stereocenters. The number of amides is 4. The van der Waals surface area contributed by atoms with Crippen LogP contribution in [-0.4, -0.2) is 78.8 Å². The zero-order valence-corrected chi connectivity index (χ0v) is 20.4. The molecule has 1 aliphatic carbocycles. The first-order valence-corrected chi connectivity index (χ1v) is 13.7. The molecule has 12 nitrogen and oxygen atoms in total. The van der Waals surface area contributed by atoms with Crippen LogP contribution in [0.3, 0.4) is 0 Å². The molecule has 0 radical (unpaired) electrons. The molecule has 35 heavy (non-hydrogen) atoms. The normalized spacial score (nSPS) is 33.1. The summed E-state index contributed by atoms with van der Waals surface area (Å²) in [6.45, 7) is 0.999. The Kier molecular flexibility index (Phi) is 7.36. The lowest BCUT2D eigenvalue weighted by Crippen LogP contribution is -2.59. The third-order valence-corrected chi connectivity index (χ3v) is 8.71. The first-order valence-electron chi connectivity index (χ1n) is 12.2. The van der Waals surface area contributed by atoms with E-state index in [-0.39, 0.29) is 12.3 Å². The van der Waals surface area contributed by atoms with Gasteiger partial charge >= 0.3 is 16.3 Å². The van der Waals surface area contributed by atoms with E-state index in [1.165, 1.54) is 9.21 Å². The van der Waals surface area contributed by atoms with Crippen LogP contribution in [0.4, 0.5) is 4.79 Å². The molecule has 4 amide bonds. The zero-order valence-electron chi connectivity index (χ0n) is 19.6. The van der Waals surface area contributed by atoms with Crippen molar-refractivity contribution in [2.45, 2.75) is 75.5 Å². The second-order valence-electron chi connectivity index (χ2n) is 9.64. The molecule has 3 heterocycles. The largest absolute Gasteiger partial charge is 0.436 e. The van der Waals surface area contributed by atoms with E-state index >= 15 is 0 Å². The molecule has 3 aliphatic heterocycles. The number of carbonyl (C=O) groups is 4. The summed E-state index contributed by atoms with van der Waals surface area (Å²) in [6, 6.07) is -0.853. The Balaban J connectivity index is 1.56. The number of allylic oxidation sites excluding steroid dienone is 1. The van der Waals surface area contributed by atoms with Gasteiger partial charge in [0.05, 0.1) is 0 Å². The Labute approximate surface area is 204 Å². The molecule has 4 N–H and O–H groups in total. The zero-order chi connectivity index (χ0) is 25.2. The fourth-order valence-electron chi connectivity index (χ4n) is 4.98. The van der Waals surface area contributed by atoms with Crippen LogP contribution in [0.1, 0.15) is 57.8 Å². The van der Waals surface area contributed by atoms with Gasteiger partial charge in [-0.25, -0.2) is 9.52 Å². The maximum atomic E-state index is 13.3. The molecule has 4 atom stereocenters. The van der Waals surface area contributed by atoms with Crippen LogP contribution in [0, 0.1) is 5.92 Å². The minimum atomic E-state index is -3.98. The van der Waals surface area contributed by atoms with Crippen molar-refractivity contribution in [1.82, 2.24) is 19.2 Å². The van der Waals surface area contributed by atoms with E-state index in [0.717, 1.165) is 25.7 Å². The number of ether oxygens (including phenoxy) is 1. The number of hydrogen-bond donors (Lipinski definition) is 3. The van der Waals surface area contributed by atoms with Gasteiger partial charge in [0.1, 0.15) is 11.6 Å². The molecule has 4 rings (SSSR count). The van der Waals surface area contributed by atoms with Crippen LogP contribution in [0.15, 0.2) is 12.2 Å². The van der Waals surface area contributed by atoms with Crippen LogP contribution in [0.5, 0.6) is 0 Å². The van der Waals surface area contributed by atoms with E-state index in [4.69, 9.17) is 10.5 Å².